The van der Waals surface area contributed by atoms with Gasteiger partial charge < -0.3 is 14.8 Å². The second-order valence-electron chi connectivity index (χ2n) is 6.57. The monoisotopic (exact) mass is 426 g/mol. The van der Waals surface area contributed by atoms with E-state index >= 15 is 0 Å². The van der Waals surface area contributed by atoms with Crippen LogP contribution >= 0.6 is 11.8 Å². The summed E-state index contributed by atoms with van der Waals surface area (Å²) in [5, 5.41) is 2.36. The van der Waals surface area contributed by atoms with Gasteiger partial charge in [0.1, 0.15) is 11.5 Å². The fraction of sp³-hybridized carbons (Fsp3) is 0.227. The van der Waals surface area contributed by atoms with E-state index in [-0.39, 0.29) is 30.1 Å². The van der Waals surface area contributed by atoms with Crippen molar-refractivity contribution < 1.29 is 23.9 Å². The molecule has 0 radical (unpaired) electrons. The molecule has 0 bridgehead atoms. The molecule has 0 unspecified atom stereocenters. The van der Waals surface area contributed by atoms with E-state index in [0.717, 1.165) is 27.8 Å². The highest BCUT2D eigenvalue weighted by Crippen LogP contribution is 2.32. The number of ether oxygens (including phenoxy) is 2. The molecule has 8 heteroatoms. The number of amides is 3. The minimum Gasteiger partial charge on any atom is -0.497 e. The van der Waals surface area contributed by atoms with Crippen LogP contribution in [-0.4, -0.2) is 49.3 Å². The highest BCUT2D eigenvalue weighted by molar-refractivity contribution is 8.18. The molecule has 156 valence electrons. The third-order valence-corrected chi connectivity index (χ3v) is 5.43. The lowest BCUT2D eigenvalue weighted by Crippen LogP contribution is -2.37. The molecule has 0 aromatic heterocycles. The first kappa shape index (κ1) is 21.4. The van der Waals surface area contributed by atoms with Gasteiger partial charge in [0.15, 0.2) is 0 Å². The van der Waals surface area contributed by atoms with Gasteiger partial charge in [-0.25, -0.2) is 0 Å². The molecule has 30 heavy (non-hydrogen) atoms. The Bertz CT molecular complexity index is 1000. The summed E-state index contributed by atoms with van der Waals surface area (Å²) < 4.78 is 10.4. The lowest BCUT2D eigenvalue weighted by molar-refractivity contribution is -0.122. The maximum absolute atomic E-state index is 12.6. The molecule has 0 atom stereocenters. The van der Waals surface area contributed by atoms with Crippen LogP contribution in [0.4, 0.5) is 4.79 Å². The first-order chi connectivity index (χ1) is 14.4. The van der Waals surface area contributed by atoms with Crippen molar-refractivity contribution in [3.05, 3.63) is 64.1 Å². The van der Waals surface area contributed by atoms with E-state index in [0.29, 0.717) is 22.0 Å². The van der Waals surface area contributed by atoms with Crippen molar-refractivity contribution in [1.82, 2.24) is 10.2 Å². The van der Waals surface area contributed by atoms with Crippen LogP contribution < -0.4 is 14.8 Å². The predicted molar refractivity (Wildman–Crippen MR) is 116 cm³/mol. The van der Waals surface area contributed by atoms with Crippen molar-refractivity contribution in [2.24, 2.45) is 0 Å². The molecule has 0 spiro atoms. The Morgan fingerprint density at radius 3 is 2.50 bits per heavy atom. The van der Waals surface area contributed by atoms with Crippen LogP contribution in [-0.2, 0) is 4.79 Å². The molecule has 0 aliphatic carbocycles. The van der Waals surface area contributed by atoms with Gasteiger partial charge in [0.05, 0.1) is 24.7 Å². The lowest BCUT2D eigenvalue weighted by Gasteiger charge is -2.14. The van der Waals surface area contributed by atoms with Crippen molar-refractivity contribution in [3.8, 4) is 11.5 Å². The SMILES string of the molecule is COc1ccc(C(=O)NCCN2C(=O)S/C(=C\c3ccc(C)cc3)C2=O)c(OC)c1. The third kappa shape index (κ3) is 4.83. The van der Waals surface area contributed by atoms with E-state index in [2.05, 4.69) is 5.32 Å². The molecule has 1 aliphatic rings. The third-order valence-electron chi connectivity index (χ3n) is 4.52. The summed E-state index contributed by atoms with van der Waals surface area (Å²) in [5.41, 5.74) is 2.31. The van der Waals surface area contributed by atoms with Crippen LogP contribution in [0.1, 0.15) is 21.5 Å². The largest absolute Gasteiger partial charge is 0.497 e. The number of thioether (sulfide) groups is 1. The number of imide groups is 1. The smallest absolute Gasteiger partial charge is 0.293 e. The number of carbonyl (C=O) groups is 3. The molecule has 1 fully saturated rings. The zero-order chi connectivity index (χ0) is 21.7. The Morgan fingerprint density at radius 1 is 1.10 bits per heavy atom. The van der Waals surface area contributed by atoms with Crippen LogP contribution in [0.3, 0.4) is 0 Å². The van der Waals surface area contributed by atoms with E-state index in [1.807, 2.05) is 31.2 Å². The Labute approximate surface area is 179 Å². The molecule has 1 saturated heterocycles. The zero-order valence-corrected chi connectivity index (χ0v) is 17.7. The number of nitrogens with one attached hydrogen (secondary N) is 1. The summed E-state index contributed by atoms with van der Waals surface area (Å²) in [6.45, 7) is 2.19. The van der Waals surface area contributed by atoms with Crippen LogP contribution in [0.25, 0.3) is 6.08 Å². The lowest BCUT2D eigenvalue weighted by atomic mass is 10.1. The molecule has 3 amide bonds. The summed E-state index contributed by atoms with van der Waals surface area (Å²) in [4.78, 5) is 38.8. The first-order valence-corrected chi connectivity index (χ1v) is 10.1. The van der Waals surface area contributed by atoms with Gasteiger partial charge in [0.2, 0.25) is 0 Å². The maximum atomic E-state index is 12.6. The number of hydrogen-bond acceptors (Lipinski definition) is 6. The van der Waals surface area contributed by atoms with E-state index < -0.39 is 0 Å². The molecular weight excluding hydrogens is 404 g/mol. The second-order valence-corrected chi connectivity index (χ2v) is 7.56. The fourth-order valence-corrected chi connectivity index (χ4v) is 3.73. The molecule has 3 rings (SSSR count). The van der Waals surface area contributed by atoms with Gasteiger partial charge in [-0.1, -0.05) is 29.8 Å². The number of benzene rings is 2. The molecule has 0 saturated carbocycles. The molecular formula is C22H22N2O5S. The molecule has 7 nitrogen and oxygen atoms in total. The Hall–Kier alpha value is -3.26. The van der Waals surface area contributed by atoms with Crippen LogP contribution in [0.2, 0.25) is 0 Å². The average molecular weight is 426 g/mol. The second kappa shape index (κ2) is 9.49. The zero-order valence-electron chi connectivity index (χ0n) is 16.9. The number of hydrogen-bond donors (Lipinski definition) is 1. The molecule has 1 aliphatic heterocycles. The number of rotatable bonds is 7. The van der Waals surface area contributed by atoms with E-state index in [4.69, 9.17) is 9.47 Å². The van der Waals surface area contributed by atoms with Gasteiger partial charge in [0, 0.05) is 19.2 Å². The van der Waals surface area contributed by atoms with Gasteiger partial charge in [-0.15, -0.1) is 0 Å². The number of aryl methyl sites for hydroxylation is 1. The van der Waals surface area contributed by atoms with Gasteiger partial charge in [-0.3, -0.25) is 19.3 Å². The molecule has 2 aromatic carbocycles. The predicted octanol–water partition coefficient (Wildman–Crippen LogP) is 3.48. The molecule has 2 aromatic rings. The minimum atomic E-state index is -0.364. The number of nitrogens with zero attached hydrogens (tertiary/aromatic N) is 1. The Balaban J connectivity index is 1.61. The van der Waals surface area contributed by atoms with Crippen molar-refractivity contribution in [2.45, 2.75) is 6.92 Å². The highest BCUT2D eigenvalue weighted by atomic mass is 32.2. The van der Waals surface area contributed by atoms with Crippen LogP contribution in [0.5, 0.6) is 11.5 Å². The number of carbonyl (C=O) groups excluding carboxylic acids is 3. The fourth-order valence-electron chi connectivity index (χ4n) is 2.87. The van der Waals surface area contributed by atoms with Crippen molar-refractivity contribution in [3.63, 3.8) is 0 Å². The normalized spacial score (nSPS) is 14.9. The highest BCUT2D eigenvalue weighted by Gasteiger charge is 2.34. The summed E-state index contributed by atoms with van der Waals surface area (Å²) in [5.74, 6) is 0.221. The standard InChI is InChI=1S/C22H22N2O5S/c1-14-4-6-15(7-5-14)12-19-21(26)24(22(27)30-19)11-10-23-20(25)17-9-8-16(28-2)13-18(17)29-3/h4-9,12-13H,10-11H2,1-3H3,(H,23,25)/b19-12-. The van der Waals surface area contributed by atoms with Crippen molar-refractivity contribution in [1.29, 1.82) is 0 Å². The van der Waals surface area contributed by atoms with Crippen LogP contribution in [0.15, 0.2) is 47.4 Å². The van der Waals surface area contributed by atoms with E-state index in [9.17, 15) is 14.4 Å². The number of methoxy groups -OCH3 is 2. The molecule has 1 heterocycles. The summed E-state index contributed by atoms with van der Waals surface area (Å²) in [6, 6.07) is 12.5. The van der Waals surface area contributed by atoms with Crippen molar-refractivity contribution in [2.75, 3.05) is 27.3 Å². The quantitative estimate of drug-likeness (QED) is 0.683. The minimum absolute atomic E-state index is 0.0834. The Morgan fingerprint density at radius 2 is 1.83 bits per heavy atom. The summed E-state index contributed by atoms with van der Waals surface area (Å²) in [7, 11) is 2.99. The van der Waals surface area contributed by atoms with E-state index in [1.165, 1.54) is 14.2 Å². The molecule has 1 N–H and O–H groups in total. The van der Waals surface area contributed by atoms with Gasteiger partial charge in [-0.05, 0) is 42.5 Å². The topological polar surface area (TPSA) is 84.9 Å². The summed E-state index contributed by atoms with van der Waals surface area (Å²) >= 11 is 0.898. The van der Waals surface area contributed by atoms with Gasteiger partial charge >= 0.3 is 0 Å². The summed E-state index contributed by atoms with van der Waals surface area (Å²) in [6.07, 6.45) is 1.70. The van der Waals surface area contributed by atoms with Crippen molar-refractivity contribution >= 4 is 34.9 Å². The van der Waals surface area contributed by atoms with E-state index in [1.54, 1.807) is 24.3 Å². The maximum Gasteiger partial charge on any atom is 0.293 e. The van der Waals surface area contributed by atoms with Crippen LogP contribution in [0, 0.1) is 6.92 Å². The van der Waals surface area contributed by atoms with Gasteiger partial charge in [-0.2, -0.15) is 0 Å². The Kier molecular flexibility index (Phi) is 6.79. The van der Waals surface area contributed by atoms with Gasteiger partial charge in [0.25, 0.3) is 17.1 Å². The first-order valence-electron chi connectivity index (χ1n) is 9.25. The average Bonchev–Trinajstić information content (AvgIpc) is 3.02.